The molecule has 0 spiro atoms. The van der Waals surface area contributed by atoms with Gasteiger partial charge < -0.3 is 15.4 Å². The minimum atomic E-state index is -0.285. The molecule has 0 unspecified atom stereocenters. The Morgan fingerprint density at radius 3 is 2.95 bits per heavy atom. The number of benzene rings is 1. The lowest BCUT2D eigenvalue weighted by Crippen LogP contribution is -2.19. The number of hydrogen-bond acceptors (Lipinski definition) is 3. The third-order valence-corrected chi connectivity index (χ3v) is 2.87. The Morgan fingerprint density at radius 2 is 2.11 bits per heavy atom. The second-order valence-corrected chi connectivity index (χ2v) is 4.24. The van der Waals surface area contributed by atoms with Crippen LogP contribution in [0.1, 0.15) is 5.56 Å². The van der Waals surface area contributed by atoms with Gasteiger partial charge in [0.05, 0.1) is 18.5 Å². The van der Waals surface area contributed by atoms with Crippen molar-refractivity contribution in [1.82, 2.24) is 4.98 Å². The van der Waals surface area contributed by atoms with Gasteiger partial charge >= 0.3 is 6.03 Å². The summed E-state index contributed by atoms with van der Waals surface area (Å²) < 4.78 is 5.42. The highest BCUT2D eigenvalue weighted by atomic mass is 16.5. The Kier molecular flexibility index (Phi) is 3.02. The first kappa shape index (κ1) is 11.5. The van der Waals surface area contributed by atoms with Gasteiger partial charge in [0.2, 0.25) is 0 Å². The number of nitrogens with zero attached hydrogens (tertiary/aromatic N) is 1. The van der Waals surface area contributed by atoms with E-state index in [9.17, 15) is 4.79 Å². The molecule has 1 aromatic heterocycles. The van der Waals surface area contributed by atoms with Crippen molar-refractivity contribution in [3.63, 3.8) is 0 Å². The Bertz CT molecular complexity index is 599. The molecule has 3 rings (SSSR count). The van der Waals surface area contributed by atoms with E-state index in [4.69, 9.17) is 4.74 Å². The van der Waals surface area contributed by atoms with Gasteiger partial charge in [0.1, 0.15) is 5.75 Å². The predicted molar refractivity (Wildman–Crippen MR) is 72.5 cm³/mol. The maximum Gasteiger partial charge on any atom is 0.323 e. The second kappa shape index (κ2) is 4.97. The van der Waals surface area contributed by atoms with Gasteiger partial charge in [0.15, 0.2) is 0 Å². The topological polar surface area (TPSA) is 63.2 Å². The van der Waals surface area contributed by atoms with Gasteiger partial charge in [-0.2, -0.15) is 0 Å². The quantitative estimate of drug-likeness (QED) is 0.867. The molecule has 96 valence electrons. The van der Waals surface area contributed by atoms with Gasteiger partial charge in [-0.3, -0.25) is 4.98 Å². The number of aromatic nitrogens is 1. The summed E-state index contributed by atoms with van der Waals surface area (Å²) in [6, 6.07) is 8.90. The third-order valence-electron chi connectivity index (χ3n) is 2.87. The van der Waals surface area contributed by atoms with Crippen LogP contribution in [0.25, 0.3) is 0 Å². The van der Waals surface area contributed by atoms with Crippen molar-refractivity contribution < 1.29 is 9.53 Å². The van der Waals surface area contributed by atoms with E-state index >= 15 is 0 Å². The summed E-state index contributed by atoms with van der Waals surface area (Å²) in [6.45, 7) is 0.709. The van der Waals surface area contributed by atoms with Crippen LogP contribution in [0.3, 0.4) is 0 Å². The van der Waals surface area contributed by atoms with Gasteiger partial charge in [-0.15, -0.1) is 0 Å². The summed E-state index contributed by atoms with van der Waals surface area (Å²) in [7, 11) is 0. The van der Waals surface area contributed by atoms with Gasteiger partial charge in [-0.1, -0.05) is 0 Å². The number of carbonyl (C=O) groups excluding carboxylic acids is 1. The third kappa shape index (κ3) is 2.65. The number of ether oxygens (including phenoxy) is 1. The van der Waals surface area contributed by atoms with Crippen LogP contribution in [0.4, 0.5) is 16.2 Å². The second-order valence-electron chi connectivity index (χ2n) is 4.24. The molecule has 5 heteroatoms. The van der Waals surface area contributed by atoms with E-state index in [0.717, 1.165) is 23.4 Å². The predicted octanol–water partition coefficient (Wildman–Crippen LogP) is 2.66. The number of pyridine rings is 1. The average Bonchev–Trinajstić information content (AvgIpc) is 2.87. The highest BCUT2D eigenvalue weighted by Gasteiger charge is 2.12. The maximum absolute atomic E-state index is 11.8. The number of urea groups is 1. The van der Waals surface area contributed by atoms with Crippen LogP contribution >= 0.6 is 0 Å². The summed E-state index contributed by atoms with van der Waals surface area (Å²) in [6.07, 6.45) is 4.13. The maximum atomic E-state index is 11.8. The van der Waals surface area contributed by atoms with E-state index in [1.54, 1.807) is 24.5 Å². The number of amides is 2. The molecule has 0 fully saturated rings. The molecule has 1 aliphatic rings. The van der Waals surface area contributed by atoms with Gasteiger partial charge in [-0.05, 0) is 35.9 Å². The van der Waals surface area contributed by atoms with Crippen molar-refractivity contribution in [3.8, 4) is 5.75 Å². The molecule has 0 radical (unpaired) electrons. The van der Waals surface area contributed by atoms with E-state index in [2.05, 4.69) is 15.6 Å². The summed E-state index contributed by atoms with van der Waals surface area (Å²) >= 11 is 0. The SMILES string of the molecule is O=C(Nc1cccnc1)Nc1ccc2c(c1)CCO2. The van der Waals surface area contributed by atoms with Crippen LogP contribution in [0.5, 0.6) is 5.75 Å². The van der Waals surface area contributed by atoms with E-state index in [1.165, 1.54) is 0 Å². The van der Waals surface area contributed by atoms with Crippen molar-refractivity contribution in [1.29, 1.82) is 0 Å². The molecule has 0 aliphatic carbocycles. The summed E-state index contributed by atoms with van der Waals surface area (Å²) in [5.41, 5.74) is 2.54. The first-order valence-electron chi connectivity index (χ1n) is 6.05. The minimum absolute atomic E-state index is 0.285. The van der Waals surface area contributed by atoms with Crippen molar-refractivity contribution in [3.05, 3.63) is 48.3 Å². The molecule has 19 heavy (non-hydrogen) atoms. The summed E-state index contributed by atoms with van der Waals surface area (Å²) in [4.78, 5) is 15.7. The van der Waals surface area contributed by atoms with Gasteiger partial charge in [-0.25, -0.2) is 4.79 Å². The fourth-order valence-electron chi connectivity index (χ4n) is 1.99. The van der Waals surface area contributed by atoms with Crippen molar-refractivity contribution in [2.75, 3.05) is 17.2 Å². The largest absolute Gasteiger partial charge is 0.493 e. The first-order chi connectivity index (χ1) is 9.31. The highest BCUT2D eigenvalue weighted by molar-refractivity contribution is 5.99. The van der Waals surface area contributed by atoms with E-state index in [0.29, 0.717) is 12.3 Å². The lowest BCUT2D eigenvalue weighted by molar-refractivity contribution is 0.262. The molecule has 0 bridgehead atoms. The first-order valence-corrected chi connectivity index (χ1v) is 6.05. The highest BCUT2D eigenvalue weighted by Crippen LogP contribution is 2.27. The molecule has 2 aromatic rings. The van der Waals surface area contributed by atoms with Crippen molar-refractivity contribution in [2.45, 2.75) is 6.42 Å². The van der Waals surface area contributed by atoms with Crippen LogP contribution in [0.2, 0.25) is 0 Å². The number of hydrogen-bond donors (Lipinski definition) is 2. The zero-order valence-electron chi connectivity index (χ0n) is 10.2. The van der Waals surface area contributed by atoms with Crippen LogP contribution in [0, 0.1) is 0 Å². The molecule has 0 saturated carbocycles. The number of rotatable bonds is 2. The molecule has 5 nitrogen and oxygen atoms in total. The molecular weight excluding hydrogens is 242 g/mol. The lowest BCUT2D eigenvalue weighted by atomic mass is 10.1. The lowest BCUT2D eigenvalue weighted by Gasteiger charge is -2.08. The van der Waals surface area contributed by atoms with Crippen molar-refractivity contribution in [2.24, 2.45) is 0 Å². The van der Waals surface area contributed by atoms with Crippen molar-refractivity contribution >= 4 is 17.4 Å². The number of nitrogens with one attached hydrogen (secondary N) is 2. The summed E-state index contributed by atoms with van der Waals surface area (Å²) in [5, 5.41) is 5.50. The van der Waals surface area contributed by atoms with Crippen LogP contribution in [-0.2, 0) is 6.42 Å². The Hall–Kier alpha value is -2.56. The van der Waals surface area contributed by atoms with Crippen LogP contribution in [0.15, 0.2) is 42.7 Å². The molecule has 0 atom stereocenters. The van der Waals surface area contributed by atoms with Crippen LogP contribution < -0.4 is 15.4 Å². The van der Waals surface area contributed by atoms with Gasteiger partial charge in [0.25, 0.3) is 0 Å². The van der Waals surface area contributed by atoms with Crippen LogP contribution in [-0.4, -0.2) is 17.6 Å². The molecule has 1 aliphatic heterocycles. The number of carbonyl (C=O) groups is 1. The fraction of sp³-hybridized carbons (Fsp3) is 0.143. The monoisotopic (exact) mass is 255 g/mol. The van der Waals surface area contributed by atoms with E-state index in [1.807, 2.05) is 18.2 Å². The number of anilines is 2. The molecule has 0 saturated heterocycles. The minimum Gasteiger partial charge on any atom is -0.493 e. The summed E-state index contributed by atoms with van der Waals surface area (Å²) in [5.74, 6) is 0.901. The number of fused-ring (bicyclic) bond motifs is 1. The Labute approximate surface area is 110 Å². The molecule has 2 heterocycles. The smallest absolute Gasteiger partial charge is 0.323 e. The zero-order chi connectivity index (χ0) is 13.1. The van der Waals surface area contributed by atoms with Gasteiger partial charge in [0, 0.05) is 18.3 Å². The average molecular weight is 255 g/mol. The normalized spacial score (nSPS) is 12.4. The fourth-order valence-corrected chi connectivity index (χ4v) is 1.99. The Morgan fingerprint density at radius 1 is 1.21 bits per heavy atom. The molecular formula is C14H13N3O2. The van der Waals surface area contributed by atoms with E-state index < -0.39 is 0 Å². The standard InChI is InChI=1S/C14H13N3O2/c18-14(17-12-2-1-6-15-9-12)16-11-3-4-13-10(8-11)5-7-19-13/h1-4,6,8-9H,5,7H2,(H2,16,17,18). The molecule has 1 aromatic carbocycles. The Balaban J connectivity index is 1.66. The zero-order valence-corrected chi connectivity index (χ0v) is 10.2. The molecule has 2 N–H and O–H groups in total. The van der Waals surface area contributed by atoms with E-state index in [-0.39, 0.29) is 6.03 Å². The molecule has 2 amide bonds.